The fourth-order valence-electron chi connectivity index (χ4n) is 1.90. The Morgan fingerprint density at radius 2 is 2.10 bits per heavy atom. The number of sulfonamides is 1. The predicted octanol–water partition coefficient (Wildman–Crippen LogP) is 1.54. The number of aromatic nitrogens is 1. The monoisotopic (exact) mass is 299 g/mol. The summed E-state index contributed by atoms with van der Waals surface area (Å²) in [5.74, 6) is 0. The predicted molar refractivity (Wildman–Crippen MR) is 82.0 cm³/mol. The van der Waals surface area contributed by atoms with Gasteiger partial charge in [-0.3, -0.25) is 4.98 Å². The number of hydrogen-bond acceptors (Lipinski definition) is 4. The van der Waals surface area contributed by atoms with E-state index in [-0.39, 0.29) is 0 Å². The van der Waals surface area contributed by atoms with Gasteiger partial charge in [0.05, 0.1) is 17.5 Å². The van der Waals surface area contributed by atoms with E-state index in [4.69, 9.17) is 0 Å². The fourth-order valence-corrected chi connectivity index (χ4v) is 3.16. The zero-order valence-corrected chi connectivity index (χ0v) is 13.6. The Morgan fingerprint density at radius 3 is 2.70 bits per heavy atom. The van der Waals surface area contributed by atoms with Gasteiger partial charge in [-0.15, -0.1) is 0 Å². The molecule has 0 spiro atoms. The molecule has 20 heavy (non-hydrogen) atoms. The smallest absolute Gasteiger partial charge is 0.218 e. The number of aryl methyl sites for hydroxylation is 1. The molecule has 1 heterocycles. The van der Waals surface area contributed by atoms with Gasteiger partial charge in [0.2, 0.25) is 10.0 Å². The molecule has 5 nitrogen and oxygen atoms in total. The summed E-state index contributed by atoms with van der Waals surface area (Å²) in [6, 6.07) is 5.64. The first kappa shape index (κ1) is 17.1. The lowest BCUT2D eigenvalue weighted by atomic mass is 10.3. The van der Waals surface area contributed by atoms with Crippen molar-refractivity contribution >= 4 is 10.0 Å². The number of nitrogens with zero attached hydrogens (tertiary/aromatic N) is 2. The first-order valence-electron chi connectivity index (χ1n) is 6.96. The molecule has 1 N–H and O–H groups in total. The molecule has 1 aromatic rings. The van der Waals surface area contributed by atoms with Gasteiger partial charge in [0.15, 0.2) is 0 Å². The van der Waals surface area contributed by atoms with Gasteiger partial charge in [0.25, 0.3) is 0 Å². The number of hydrogen-bond donors (Lipinski definition) is 1. The Morgan fingerprint density at radius 1 is 1.40 bits per heavy atom. The van der Waals surface area contributed by atoms with Crippen LogP contribution < -0.4 is 5.32 Å². The minimum Gasteiger partial charge on any atom is -0.315 e. The van der Waals surface area contributed by atoms with Gasteiger partial charge in [-0.25, -0.2) is 8.42 Å². The molecule has 0 saturated carbocycles. The first-order valence-corrected chi connectivity index (χ1v) is 8.46. The third-order valence-corrected chi connectivity index (χ3v) is 5.31. The quantitative estimate of drug-likeness (QED) is 0.740. The van der Waals surface area contributed by atoms with Crippen LogP contribution in [0.25, 0.3) is 0 Å². The summed E-state index contributed by atoms with van der Waals surface area (Å²) >= 11 is 0. The molecule has 114 valence electrons. The summed E-state index contributed by atoms with van der Waals surface area (Å²) in [5, 5.41) is 2.71. The maximum Gasteiger partial charge on any atom is 0.218 e. The molecule has 1 atom stereocenters. The van der Waals surface area contributed by atoms with E-state index in [1.807, 2.05) is 25.1 Å². The summed E-state index contributed by atoms with van der Waals surface area (Å²) in [4.78, 5) is 4.34. The lowest BCUT2D eigenvalue weighted by Gasteiger charge is -2.22. The van der Waals surface area contributed by atoms with E-state index < -0.39 is 15.3 Å². The van der Waals surface area contributed by atoms with Crippen LogP contribution in [-0.4, -0.2) is 43.1 Å². The molecule has 0 aromatic carbocycles. The Balaban J connectivity index is 2.66. The van der Waals surface area contributed by atoms with E-state index in [9.17, 15) is 8.42 Å². The summed E-state index contributed by atoms with van der Waals surface area (Å²) in [6.07, 6.45) is 0.996. The molecule has 6 heteroatoms. The lowest BCUT2D eigenvalue weighted by molar-refractivity contribution is 0.449. The molecule has 1 aromatic heterocycles. The molecule has 0 bridgehead atoms. The maximum absolute atomic E-state index is 12.4. The molecule has 0 saturated heterocycles. The van der Waals surface area contributed by atoms with Gasteiger partial charge in [-0.1, -0.05) is 13.0 Å². The second-order valence-corrected chi connectivity index (χ2v) is 7.54. The van der Waals surface area contributed by atoms with Crippen molar-refractivity contribution in [3.05, 3.63) is 29.6 Å². The van der Waals surface area contributed by atoms with E-state index in [1.165, 1.54) is 4.31 Å². The van der Waals surface area contributed by atoms with E-state index in [1.54, 1.807) is 14.0 Å². The Kier molecular flexibility index (Phi) is 6.58. The standard InChI is InChI=1S/C14H25N3O2S/c1-5-9-15-10-13(3)20(18,19)17(4)11-14-8-6-7-12(2)16-14/h6-8,13,15H,5,9-11H2,1-4H3. The van der Waals surface area contributed by atoms with Gasteiger partial charge < -0.3 is 5.32 Å². The minimum atomic E-state index is -3.30. The molecular formula is C14H25N3O2S. The number of pyridine rings is 1. The summed E-state index contributed by atoms with van der Waals surface area (Å²) < 4.78 is 26.1. The van der Waals surface area contributed by atoms with E-state index >= 15 is 0 Å². The third-order valence-electron chi connectivity index (χ3n) is 3.13. The van der Waals surface area contributed by atoms with Crippen molar-refractivity contribution in [2.45, 2.75) is 39.0 Å². The highest BCUT2D eigenvalue weighted by atomic mass is 32.2. The third kappa shape index (κ3) is 4.85. The molecule has 0 aliphatic rings. The van der Waals surface area contributed by atoms with E-state index in [2.05, 4.69) is 17.2 Å². The second kappa shape index (κ2) is 7.71. The first-order chi connectivity index (χ1) is 9.37. The molecule has 0 aliphatic heterocycles. The van der Waals surface area contributed by atoms with Crippen LogP contribution >= 0.6 is 0 Å². The average molecular weight is 299 g/mol. The van der Waals surface area contributed by atoms with Gasteiger partial charge in [-0.05, 0) is 38.9 Å². The van der Waals surface area contributed by atoms with Crippen molar-refractivity contribution < 1.29 is 8.42 Å². The maximum atomic E-state index is 12.4. The molecule has 1 unspecified atom stereocenters. The highest BCUT2D eigenvalue weighted by Gasteiger charge is 2.25. The molecule has 0 fully saturated rings. The van der Waals surface area contributed by atoms with Gasteiger partial charge >= 0.3 is 0 Å². The summed E-state index contributed by atoms with van der Waals surface area (Å²) in [7, 11) is -1.69. The summed E-state index contributed by atoms with van der Waals surface area (Å²) in [5.41, 5.74) is 1.66. The van der Waals surface area contributed by atoms with Gasteiger partial charge in [0.1, 0.15) is 0 Å². The summed E-state index contributed by atoms with van der Waals surface area (Å²) in [6.45, 7) is 7.31. The van der Waals surface area contributed by atoms with Crippen LogP contribution in [0.5, 0.6) is 0 Å². The van der Waals surface area contributed by atoms with Crippen molar-refractivity contribution in [1.29, 1.82) is 0 Å². The highest BCUT2D eigenvalue weighted by Crippen LogP contribution is 2.10. The SMILES string of the molecule is CCCNCC(C)S(=O)(=O)N(C)Cc1cccc(C)n1. The Bertz CT molecular complexity index is 517. The largest absolute Gasteiger partial charge is 0.315 e. The Labute approximate surface area is 122 Å². The second-order valence-electron chi connectivity index (χ2n) is 5.09. The van der Waals surface area contributed by atoms with Crippen molar-refractivity contribution in [2.75, 3.05) is 20.1 Å². The Hall–Kier alpha value is -0.980. The van der Waals surface area contributed by atoms with Crippen LogP contribution in [-0.2, 0) is 16.6 Å². The van der Waals surface area contributed by atoms with Crippen molar-refractivity contribution in [3.8, 4) is 0 Å². The minimum absolute atomic E-state index is 0.308. The van der Waals surface area contributed by atoms with Crippen molar-refractivity contribution in [1.82, 2.24) is 14.6 Å². The topological polar surface area (TPSA) is 62.3 Å². The van der Waals surface area contributed by atoms with Crippen LogP contribution in [0.3, 0.4) is 0 Å². The van der Waals surface area contributed by atoms with Crippen LogP contribution in [0.2, 0.25) is 0 Å². The zero-order valence-electron chi connectivity index (χ0n) is 12.8. The van der Waals surface area contributed by atoms with Gasteiger partial charge in [0, 0.05) is 19.3 Å². The van der Waals surface area contributed by atoms with Crippen LogP contribution in [0, 0.1) is 6.92 Å². The molecule has 0 aliphatic carbocycles. The molecule has 0 amide bonds. The number of rotatable bonds is 8. The number of nitrogens with one attached hydrogen (secondary N) is 1. The normalized spacial score (nSPS) is 13.7. The molecular weight excluding hydrogens is 274 g/mol. The van der Waals surface area contributed by atoms with Crippen LogP contribution in [0.15, 0.2) is 18.2 Å². The van der Waals surface area contributed by atoms with Crippen molar-refractivity contribution in [3.63, 3.8) is 0 Å². The van der Waals surface area contributed by atoms with Crippen molar-refractivity contribution in [2.24, 2.45) is 0 Å². The zero-order chi connectivity index (χ0) is 15.2. The fraction of sp³-hybridized carbons (Fsp3) is 0.643. The molecule has 0 radical (unpaired) electrons. The highest BCUT2D eigenvalue weighted by molar-refractivity contribution is 7.89. The lowest BCUT2D eigenvalue weighted by Crippen LogP contribution is -2.40. The van der Waals surface area contributed by atoms with E-state index in [0.29, 0.717) is 13.1 Å². The van der Waals surface area contributed by atoms with Crippen LogP contribution in [0.1, 0.15) is 31.7 Å². The molecule has 1 rings (SSSR count). The van der Waals surface area contributed by atoms with Crippen LogP contribution in [0.4, 0.5) is 0 Å². The van der Waals surface area contributed by atoms with E-state index in [0.717, 1.165) is 24.4 Å². The van der Waals surface area contributed by atoms with Gasteiger partial charge in [-0.2, -0.15) is 4.31 Å². The average Bonchev–Trinajstić information content (AvgIpc) is 2.38.